The van der Waals surface area contributed by atoms with E-state index in [2.05, 4.69) is 17.4 Å². The Balaban J connectivity index is 1.70. The third-order valence-corrected chi connectivity index (χ3v) is 5.80. The molecule has 162 valence electrons. The van der Waals surface area contributed by atoms with Crippen molar-refractivity contribution in [1.82, 2.24) is 5.32 Å². The Morgan fingerprint density at radius 2 is 1.67 bits per heavy atom. The molecule has 0 saturated carbocycles. The van der Waals surface area contributed by atoms with Crippen LogP contribution >= 0.6 is 0 Å². The molecule has 1 amide bonds. The number of nitrogens with one attached hydrogen (secondary N) is 1. The third-order valence-electron chi connectivity index (χ3n) is 5.80. The van der Waals surface area contributed by atoms with Gasteiger partial charge in [0.15, 0.2) is 17.6 Å². The zero-order chi connectivity index (χ0) is 21.5. The number of benzene rings is 2. The van der Waals surface area contributed by atoms with E-state index in [1.165, 1.54) is 24.0 Å². The van der Waals surface area contributed by atoms with Crippen LogP contribution in [0, 0.1) is 0 Å². The number of ether oxygens (including phenoxy) is 3. The van der Waals surface area contributed by atoms with Gasteiger partial charge in [-0.2, -0.15) is 0 Å². The normalized spacial score (nSPS) is 14.9. The molecule has 5 heteroatoms. The highest BCUT2D eigenvalue weighted by Crippen LogP contribution is 2.31. The fourth-order valence-corrected chi connectivity index (χ4v) is 4.02. The number of carbonyl (C=O) groups excluding carboxylic acids is 1. The molecule has 0 aromatic heterocycles. The molecule has 30 heavy (non-hydrogen) atoms. The van der Waals surface area contributed by atoms with E-state index < -0.39 is 6.10 Å². The first-order chi connectivity index (χ1) is 14.6. The zero-order valence-electron chi connectivity index (χ0n) is 18.5. The van der Waals surface area contributed by atoms with Gasteiger partial charge in [0.25, 0.3) is 5.91 Å². The molecule has 0 radical (unpaired) electrons. The van der Waals surface area contributed by atoms with Crippen LogP contribution in [0.25, 0.3) is 0 Å². The predicted octanol–water partition coefficient (Wildman–Crippen LogP) is 5.01. The maximum Gasteiger partial charge on any atom is 0.261 e. The molecule has 0 unspecified atom stereocenters. The van der Waals surface area contributed by atoms with Crippen molar-refractivity contribution in [3.05, 3.63) is 53.1 Å². The van der Waals surface area contributed by atoms with Crippen LogP contribution in [-0.2, 0) is 17.6 Å². The lowest BCUT2D eigenvalue weighted by atomic mass is 9.92. The van der Waals surface area contributed by atoms with E-state index in [1.54, 1.807) is 14.2 Å². The van der Waals surface area contributed by atoms with Gasteiger partial charge in [0.05, 0.1) is 20.3 Å². The van der Waals surface area contributed by atoms with Crippen molar-refractivity contribution >= 4 is 5.91 Å². The third kappa shape index (κ3) is 5.07. The van der Waals surface area contributed by atoms with Crippen LogP contribution in [0.1, 0.15) is 62.3 Å². The summed E-state index contributed by atoms with van der Waals surface area (Å²) < 4.78 is 16.8. The minimum absolute atomic E-state index is 0.100. The topological polar surface area (TPSA) is 56.8 Å². The minimum atomic E-state index is -0.527. The number of fused-ring (bicyclic) bond motifs is 1. The average molecular weight is 412 g/mol. The Morgan fingerprint density at radius 3 is 2.33 bits per heavy atom. The number of aryl methyl sites for hydroxylation is 2. The lowest BCUT2D eigenvalue weighted by Gasteiger charge is -2.24. The van der Waals surface area contributed by atoms with Gasteiger partial charge in [-0.25, -0.2) is 0 Å². The van der Waals surface area contributed by atoms with Crippen molar-refractivity contribution in [1.29, 1.82) is 0 Å². The number of amides is 1. The molecule has 0 heterocycles. The Bertz CT molecular complexity index is 864. The second kappa shape index (κ2) is 10.4. The zero-order valence-corrected chi connectivity index (χ0v) is 18.5. The SMILES string of the molecule is CC[C@H](NC(=O)[C@@H](CC)Oc1ccc2c(c1)CCCC2)c1ccc(OC)c(OC)c1. The van der Waals surface area contributed by atoms with E-state index in [1.807, 2.05) is 38.1 Å². The average Bonchev–Trinajstić information content (AvgIpc) is 2.80. The molecule has 0 fully saturated rings. The molecule has 0 spiro atoms. The first-order valence-electron chi connectivity index (χ1n) is 10.9. The summed E-state index contributed by atoms with van der Waals surface area (Å²) in [6, 6.07) is 11.9. The maximum atomic E-state index is 13.0. The van der Waals surface area contributed by atoms with E-state index in [0.29, 0.717) is 17.9 Å². The number of carbonyl (C=O) groups is 1. The number of hydrogen-bond acceptors (Lipinski definition) is 4. The van der Waals surface area contributed by atoms with Gasteiger partial charge in [-0.3, -0.25) is 4.79 Å². The second-order valence-electron chi connectivity index (χ2n) is 7.74. The Morgan fingerprint density at radius 1 is 0.933 bits per heavy atom. The van der Waals surface area contributed by atoms with Gasteiger partial charge in [0.2, 0.25) is 0 Å². The van der Waals surface area contributed by atoms with Crippen LogP contribution in [0.4, 0.5) is 0 Å². The first-order valence-corrected chi connectivity index (χ1v) is 10.9. The van der Waals surface area contributed by atoms with Crippen LogP contribution < -0.4 is 19.5 Å². The number of rotatable bonds is 9. The summed E-state index contributed by atoms with van der Waals surface area (Å²) in [4.78, 5) is 13.0. The molecule has 1 aliphatic rings. The molecule has 1 N–H and O–H groups in total. The van der Waals surface area contributed by atoms with Crippen molar-refractivity contribution in [2.45, 2.75) is 64.5 Å². The summed E-state index contributed by atoms with van der Waals surface area (Å²) in [7, 11) is 3.22. The molecule has 3 rings (SSSR count). The van der Waals surface area contributed by atoms with Crippen LogP contribution in [0.5, 0.6) is 17.2 Å². The second-order valence-corrected chi connectivity index (χ2v) is 7.74. The highest BCUT2D eigenvalue weighted by Gasteiger charge is 2.23. The predicted molar refractivity (Wildman–Crippen MR) is 119 cm³/mol. The van der Waals surface area contributed by atoms with Crippen LogP contribution in [0.3, 0.4) is 0 Å². The van der Waals surface area contributed by atoms with Crippen molar-refractivity contribution in [2.24, 2.45) is 0 Å². The van der Waals surface area contributed by atoms with Gasteiger partial charge in [-0.15, -0.1) is 0 Å². The largest absolute Gasteiger partial charge is 0.493 e. The number of hydrogen-bond donors (Lipinski definition) is 1. The van der Waals surface area contributed by atoms with E-state index in [-0.39, 0.29) is 11.9 Å². The Hall–Kier alpha value is -2.69. The molecule has 0 bridgehead atoms. The molecular formula is C25H33NO4. The molecule has 1 aliphatic carbocycles. The summed E-state index contributed by atoms with van der Waals surface area (Å²) in [5.41, 5.74) is 3.74. The lowest BCUT2D eigenvalue weighted by Crippen LogP contribution is -2.40. The molecular weight excluding hydrogens is 378 g/mol. The monoisotopic (exact) mass is 411 g/mol. The van der Waals surface area contributed by atoms with Crippen LogP contribution in [-0.4, -0.2) is 26.2 Å². The smallest absolute Gasteiger partial charge is 0.261 e. The van der Waals surface area contributed by atoms with Crippen molar-refractivity contribution in [2.75, 3.05) is 14.2 Å². The van der Waals surface area contributed by atoms with Gasteiger partial charge >= 0.3 is 0 Å². The molecule has 5 nitrogen and oxygen atoms in total. The summed E-state index contributed by atoms with van der Waals surface area (Å²) in [5, 5.41) is 3.15. The molecule has 0 aliphatic heterocycles. The first kappa shape index (κ1) is 22.0. The summed E-state index contributed by atoms with van der Waals surface area (Å²) in [6.07, 6.45) is 5.53. The fraction of sp³-hybridized carbons (Fsp3) is 0.480. The van der Waals surface area contributed by atoms with E-state index in [4.69, 9.17) is 14.2 Å². The fourth-order valence-electron chi connectivity index (χ4n) is 4.02. The minimum Gasteiger partial charge on any atom is -0.493 e. The van der Waals surface area contributed by atoms with Crippen molar-refractivity contribution in [3.8, 4) is 17.2 Å². The van der Waals surface area contributed by atoms with Crippen molar-refractivity contribution < 1.29 is 19.0 Å². The maximum absolute atomic E-state index is 13.0. The summed E-state index contributed by atoms with van der Waals surface area (Å²) in [6.45, 7) is 4.02. The van der Waals surface area contributed by atoms with E-state index >= 15 is 0 Å². The van der Waals surface area contributed by atoms with E-state index in [9.17, 15) is 4.79 Å². The Kier molecular flexibility index (Phi) is 7.61. The van der Waals surface area contributed by atoms with Crippen LogP contribution in [0.15, 0.2) is 36.4 Å². The highest BCUT2D eigenvalue weighted by molar-refractivity contribution is 5.81. The highest BCUT2D eigenvalue weighted by atomic mass is 16.5. The molecule has 2 atom stereocenters. The van der Waals surface area contributed by atoms with E-state index in [0.717, 1.165) is 30.6 Å². The summed E-state index contributed by atoms with van der Waals surface area (Å²) >= 11 is 0. The summed E-state index contributed by atoms with van der Waals surface area (Å²) in [5.74, 6) is 2.00. The van der Waals surface area contributed by atoms with Gasteiger partial charge in [-0.05, 0) is 79.5 Å². The number of methoxy groups -OCH3 is 2. The molecule has 2 aromatic rings. The van der Waals surface area contributed by atoms with Gasteiger partial charge < -0.3 is 19.5 Å². The Labute approximate surface area is 179 Å². The van der Waals surface area contributed by atoms with Crippen molar-refractivity contribution in [3.63, 3.8) is 0 Å². The molecule has 0 saturated heterocycles. The lowest BCUT2D eigenvalue weighted by molar-refractivity contribution is -0.128. The standard InChI is InChI=1S/C25H33NO4/c1-5-21(19-12-14-23(28-3)24(16-19)29-4)26-25(27)22(6-2)30-20-13-11-17-9-7-8-10-18(17)15-20/h11-16,21-22H,5-10H2,1-4H3,(H,26,27)/t21-,22+/m0/s1. The van der Waals surface area contributed by atoms with Crippen LogP contribution in [0.2, 0.25) is 0 Å². The van der Waals surface area contributed by atoms with Gasteiger partial charge in [0, 0.05) is 0 Å². The quantitative estimate of drug-likeness (QED) is 0.630. The molecule has 2 aromatic carbocycles. The van der Waals surface area contributed by atoms with Gasteiger partial charge in [-0.1, -0.05) is 26.0 Å². The van der Waals surface area contributed by atoms with Gasteiger partial charge in [0.1, 0.15) is 5.75 Å².